The molecule has 1 N–H and O–H groups in total. The second kappa shape index (κ2) is 11.4. The number of non-ortho nitro benzene ring substituents is 1. The number of carbonyl (C=O) groups is 2. The fraction of sp³-hybridized carbons (Fsp3) is 0.0417. The van der Waals surface area contributed by atoms with Crippen LogP contribution in [0, 0.1) is 10.1 Å². The molecule has 36 heavy (non-hydrogen) atoms. The second-order valence-electron chi connectivity index (χ2n) is 7.32. The van der Waals surface area contributed by atoms with Crippen molar-refractivity contribution < 1.29 is 19.2 Å². The predicted octanol–water partition coefficient (Wildman–Crippen LogP) is 6.75. The maximum atomic E-state index is 12.4. The van der Waals surface area contributed by atoms with Crippen LogP contribution in [0.5, 0.6) is 5.75 Å². The van der Waals surface area contributed by atoms with Crippen molar-refractivity contribution in [3.63, 3.8) is 0 Å². The van der Waals surface area contributed by atoms with Crippen molar-refractivity contribution in [3.05, 3.63) is 106 Å². The van der Waals surface area contributed by atoms with Crippen LogP contribution < -0.4 is 10.1 Å². The van der Waals surface area contributed by atoms with Crippen molar-refractivity contribution in [1.82, 2.24) is 5.32 Å². The summed E-state index contributed by atoms with van der Waals surface area (Å²) in [6.07, 6.45) is 1.67. The van der Waals surface area contributed by atoms with Crippen molar-refractivity contribution in [1.29, 1.82) is 0 Å². The zero-order chi connectivity index (χ0) is 25.8. The molecule has 1 aliphatic heterocycles. The molecule has 2 amide bonds. The summed E-state index contributed by atoms with van der Waals surface area (Å²) in [4.78, 5) is 39.5. The van der Waals surface area contributed by atoms with Gasteiger partial charge in [-0.2, -0.15) is 4.99 Å². The van der Waals surface area contributed by atoms with Gasteiger partial charge in [0.05, 0.1) is 18.8 Å². The topological polar surface area (TPSA) is 111 Å². The van der Waals surface area contributed by atoms with E-state index in [4.69, 9.17) is 16.3 Å². The number of rotatable bonds is 6. The first-order chi connectivity index (χ1) is 17.2. The first kappa shape index (κ1) is 26.1. The molecule has 0 bridgehead atoms. The van der Waals surface area contributed by atoms with E-state index < -0.39 is 10.8 Å². The van der Waals surface area contributed by atoms with Gasteiger partial charge in [-0.25, -0.2) is 0 Å². The van der Waals surface area contributed by atoms with Gasteiger partial charge < -0.3 is 10.1 Å². The molecule has 1 saturated heterocycles. The van der Waals surface area contributed by atoms with Gasteiger partial charge in [0.25, 0.3) is 17.5 Å². The van der Waals surface area contributed by atoms with Crippen molar-refractivity contribution in [3.8, 4) is 5.75 Å². The van der Waals surface area contributed by atoms with Gasteiger partial charge in [0, 0.05) is 22.7 Å². The van der Waals surface area contributed by atoms with Gasteiger partial charge in [-0.1, -0.05) is 11.6 Å². The monoisotopic (exact) mass is 649 g/mol. The minimum Gasteiger partial charge on any atom is -0.487 e. The molecule has 3 aromatic rings. The number of benzene rings is 3. The molecule has 0 atom stereocenters. The van der Waals surface area contributed by atoms with E-state index >= 15 is 0 Å². The highest BCUT2D eigenvalue weighted by molar-refractivity contribution is 9.11. The lowest BCUT2D eigenvalue weighted by Gasteiger charge is -2.11. The molecule has 0 radical (unpaired) electrons. The Bertz CT molecular complexity index is 1400. The van der Waals surface area contributed by atoms with Crippen LogP contribution in [0.2, 0.25) is 5.02 Å². The van der Waals surface area contributed by atoms with Crippen molar-refractivity contribution in [2.24, 2.45) is 4.99 Å². The van der Waals surface area contributed by atoms with E-state index in [1.165, 1.54) is 12.1 Å². The van der Waals surface area contributed by atoms with Crippen molar-refractivity contribution in [2.45, 2.75) is 6.61 Å². The molecule has 0 saturated carbocycles. The largest absolute Gasteiger partial charge is 0.487 e. The number of halogens is 3. The summed E-state index contributed by atoms with van der Waals surface area (Å²) in [5.41, 5.74) is 1.84. The fourth-order valence-electron chi connectivity index (χ4n) is 3.05. The molecule has 0 spiro atoms. The van der Waals surface area contributed by atoms with E-state index in [0.717, 1.165) is 17.3 Å². The molecular formula is C24H14Br2ClN3O5S. The summed E-state index contributed by atoms with van der Waals surface area (Å²) in [7, 11) is 0. The quantitative estimate of drug-likeness (QED) is 0.179. The number of nitro benzene ring substituents is 1. The predicted molar refractivity (Wildman–Crippen MR) is 146 cm³/mol. The first-order valence-electron chi connectivity index (χ1n) is 10.1. The van der Waals surface area contributed by atoms with Crippen LogP contribution in [0.25, 0.3) is 6.08 Å². The Morgan fingerprint density at radius 1 is 1.11 bits per heavy atom. The van der Waals surface area contributed by atoms with Gasteiger partial charge >= 0.3 is 0 Å². The molecule has 0 unspecified atom stereocenters. The summed E-state index contributed by atoms with van der Waals surface area (Å²) < 4.78 is 7.16. The summed E-state index contributed by atoms with van der Waals surface area (Å²) in [6, 6.07) is 16.0. The van der Waals surface area contributed by atoms with Crippen LogP contribution in [0.1, 0.15) is 21.5 Å². The lowest BCUT2D eigenvalue weighted by Crippen LogP contribution is -2.20. The number of amidine groups is 1. The average molecular weight is 652 g/mol. The van der Waals surface area contributed by atoms with Crippen LogP contribution in [-0.2, 0) is 11.4 Å². The number of nitrogens with zero attached hydrogens (tertiary/aromatic N) is 2. The van der Waals surface area contributed by atoms with Crippen molar-refractivity contribution in [2.75, 3.05) is 0 Å². The van der Waals surface area contributed by atoms with Crippen LogP contribution in [0.3, 0.4) is 0 Å². The van der Waals surface area contributed by atoms with Gasteiger partial charge in [0.15, 0.2) is 5.17 Å². The number of nitro groups is 1. The lowest BCUT2D eigenvalue weighted by molar-refractivity contribution is -0.384. The number of ether oxygens (including phenoxy) is 1. The molecule has 1 heterocycles. The van der Waals surface area contributed by atoms with Gasteiger partial charge in [-0.05, 0) is 109 Å². The summed E-state index contributed by atoms with van der Waals surface area (Å²) in [5.74, 6) is -0.320. The number of hydrogen-bond donors (Lipinski definition) is 1. The minimum atomic E-state index is -0.490. The van der Waals surface area contributed by atoms with E-state index in [-0.39, 0.29) is 23.4 Å². The Morgan fingerprint density at radius 2 is 1.75 bits per heavy atom. The standard InChI is InChI=1S/C24H14Br2ClN3O5S/c25-18-9-14(10-19(26)21(18)35-12-13-1-7-17(8-2-13)30(33)34)11-20-23(32)29-24(36-20)28-22(31)15-3-5-16(27)6-4-15/h1-11H,12H2,(H,28,29,31,32)/b20-11-. The third-order valence-electron chi connectivity index (χ3n) is 4.79. The minimum absolute atomic E-state index is 0.00914. The molecule has 12 heteroatoms. The van der Waals surface area contributed by atoms with Gasteiger partial charge in [0.1, 0.15) is 12.4 Å². The van der Waals surface area contributed by atoms with Gasteiger partial charge in [-0.15, -0.1) is 0 Å². The van der Waals surface area contributed by atoms with E-state index in [2.05, 4.69) is 42.2 Å². The molecular weight excluding hydrogens is 638 g/mol. The normalized spacial score (nSPS) is 15.2. The fourth-order valence-corrected chi connectivity index (χ4v) is 5.45. The third-order valence-corrected chi connectivity index (χ3v) is 7.13. The van der Waals surface area contributed by atoms with E-state index in [1.807, 2.05) is 0 Å². The summed E-state index contributed by atoms with van der Waals surface area (Å²) in [5, 5.41) is 14.1. The molecule has 182 valence electrons. The Hall–Kier alpha value is -2.99. The number of hydrogen-bond acceptors (Lipinski definition) is 6. The van der Waals surface area contributed by atoms with Crippen LogP contribution in [0.15, 0.2) is 79.5 Å². The number of nitrogens with one attached hydrogen (secondary N) is 1. The van der Waals surface area contributed by atoms with Crippen LogP contribution in [-0.4, -0.2) is 21.9 Å². The third kappa shape index (κ3) is 6.41. The highest BCUT2D eigenvalue weighted by Gasteiger charge is 2.25. The average Bonchev–Trinajstić information content (AvgIpc) is 3.17. The van der Waals surface area contributed by atoms with E-state index in [9.17, 15) is 19.7 Å². The highest BCUT2D eigenvalue weighted by atomic mass is 79.9. The second-order valence-corrected chi connectivity index (χ2v) is 10.5. The van der Waals surface area contributed by atoms with E-state index in [1.54, 1.807) is 54.6 Å². The van der Waals surface area contributed by atoms with Gasteiger partial charge in [0.2, 0.25) is 0 Å². The highest BCUT2D eigenvalue weighted by Crippen LogP contribution is 2.37. The number of carbonyl (C=O) groups excluding carboxylic acids is 2. The van der Waals surface area contributed by atoms with Crippen LogP contribution >= 0.6 is 55.2 Å². The Labute approximate surface area is 231 Å². The number of aliphatic imine (C=N–C) groups is 1. The zero-order valence-corrected chi connectivity index (χ0v) is 22.8. The van der Waals surface area contributed by atoms with E-state index in [0.29, 0.717) is 35.7 Å². The van der Waals surface area contributed by atoms with Crippen molar-refractivity contribution >= 4 is 84.0 Å². The SMILES string of the molecule is O=C1NC(=NC(=O)c2ccc(Cl)cc2)S/C1=C\c1cc(Br)c(OCc2ccc([N+](=O)[O-])cc2)c(Br)c1. The molecule has 4 rings (SSSR count). The molecule has 3 aromatic carbocycles. The molecule has 0 aromatic heterocycles. The summed E-state index contributed by atoms with van der Waals surface area (Å²) in [6.45, 7) is 0.204. The maximum absolute atomic E-state index is 12.4. The first-order valence-corrected chi connectivity index (χ1v) is 12.9. The molecule has 1 aliphatic rings. The maximum Gasteiger partial charge on any atom is 0.279 e. The zero-order valence-electron chi connectivity index (χ0n) is 18.0. The summed E-state index contributed by atoms with van der Waals surface area (Å²) >= 11 is 13.9. The smallest absolute Gasteiger partial charge is 0.279 e. The number of thioether (sulfide) groups is 1. The Morgan fingerprint density at radius 3 is 2.36 bits per heavy atom. The molecule has 0 aliphatic carbocycles. The Balaban J connectivity index is 1.46. The Kier molecular flexibility index (Phi) is 8.24. The van der Waals surface area contributed by atoms with Gasteiger partial charge in [-0.3, -0.25) is 19.7 Å². The lowest BCUT2D eigenvalue weighted by atomic mass is 10.2. The number of amides is 2. The molecule has 8 nitrogen and oxygen atoms in total. The molecule has 1 fully saturated rings. The van der Waals surface area contributed by atoms with Crippen LogP contribution in [0.4, 0.5) is 5.69 Å².